The van der Waals surface area contributed by atoms with Crippen molar-refractivity contribution in [2.24, 2.45) is 0 Å². The van der Waals surface area contributed by atoms with E-state index in [1.807, 2.05) is 20.8 Å². The molecule has 1 aromatic rings. The summed E-state index contributed by atoms with van der Waals surface area (Å²) >= 11 is -2.31. The summed E-state index contributed by atoms with van der Waals surface area (Å²) in [5, 5.41) is 0. The number of rotatable bonds is 2. The third-order valence-corrected chi connectivity index (χ3v) is 1.99. The zero-order valence-electron chi connectivity index (χ0n) is 9.31. The van der Waals surface area contributed by atoms with Gasteiger partial charge in [-0.2, -0.15) is 0 Å². The van der Waals surface area contributed by atoms with Gasteiger partial charge >= 0.3 is 18.9 Å². The van der Waals surface area contributed by atoms with E-state index in [9.17, 15) is 8.76 Å². The molecule has 1 heterocycles. The smallest absolute Gasteiger partial charge is 0.768 e. The van der Waals surface area contributed by atoms with Gasteiger partial charge in [0.05, 0.1) is 4.90 Å². The molecule has 1 atom stereocenters. The summed E-state index contributed by atoms with van der Waals surface area (Å²) in [6.45, 7) is 5.50. The normalized spacial score (nSPS) is 12.8. The van der Waals surface area contributed by atoms with E-state index in [0.717, 1.165) is 0 Å². The Morgan fingerprint density at radius 1 is 1.47 bits per heavy atom. The molecule has 0 spiro atoms. The minimum Gasteiger partial charge on any atom is -0.768 e. The molecule has 0 bridgehead atoms. The summed E-state index contributed by atoms with van der Waals surface area (Å²) in [6, 6.07) is 3.01. The number of hydrogen-bond acceptors (Lipinski definition) is 4. The fourth-order valence-corrected chi connectivity index (χ4v) is 1.30. The molecule has 4 nitrogen and oxygen atoms in total. The maximum absolute atomic E-state index is 10.8. The van der Waals surface area contributed by atoms with Crippen LogP contribution < -0.4 is 23.6 Å². The molecule has 0 N–H and O–H groups in total. The maximum atomic E-state index is 10.8. The number of pyridine rings is 1. The SMILES string of the molecule is CC(C)(C)Oc1ncccc1S(=O)[O-].[Li+]. The zero-order valence-corrected chi connectivity index (χ0v) is 10.1. The molecule has 0 fully saturated rings. The molecule has 6 heteroatoms. The van der Waals surface area contributed by atoms with Gasteiger partial charge in [0.25, 0.3) is 0 Å². The first-order valence-electron chi connectivity index (χ1n) is 4.13. The van der Waals surface area contributed by atoms with Crippen molar-refractivity contribution in [2.75, 3.05) is 0 Å². The molecular formula is C9H12LiNO3S. The van der Waals surface area contributed by atoms with E-state index in [1.54, 1.807) is 6.07 Å². The van der Waals surface area contributed by atoms with Crippen LogP contribution in [-0.4, -0.2) is 19.3 Å². The van der Waals surface area contributed by atoms with E-state index in [0.29, 0.717) is 0 Å². The molecule has 0 saturated heterocycles. The second-order valence-electron chi connectivity index (χ2n) is 3.76. The molecule has 1 aromatic heterocycles. The Morgan fingerprint density at radius 3 is 2.53 bits per heavy atom. The van der Waals surface area contributed by atoms with Crippen LogP contribution in [0.5, 0.6) is 5.88 Å². The van der Waals surface area contributed by atoms with E-state index in [1.165, 1.54) is 12.3 Å². The molecule has 0 amide bonds. The number of aromatic nitrogens is 1. The Balaban J connectivity index is 0.00000196. The van der Waals surface area contributed by atoms with Crippen LogP contribution in [0.4, 0.5) is 0 Å². The topological polar surface area (TPSA) is 62.2 Å². The predicted molar refractivity (Wildman–Crippen MR) is 51.8 cm³/mol. The van der Waals surface area contributed by atoms with Gasteiger partial charge in [-0.3, -0.25) is 4.21 Å². The summed E-state index contributed by atoms with van der Waals surface area (Å²) in [4.78, 5) is 3.96. The Labute approximate surface area is 104 Å². The van der Waals surface area contributed by atoms with Gasteiger partial charge in [-0.05, 0) is 44.0 Å². The summed E-state index contributed by atoms with van der Waals surface area (Å²) in [5.41, 5.74) is -0.456. The zero-order chi connectivity index (χ0) is 10.8. The van der Waals surface area contributed by atoms with E-state index in [-0.39, 0.29) is 29.6 Å². The van der Waals surface area contributed by atoms with Gasteiger partial charge in [-0.1, -0.05) is 0 Å². The molecule has 0 aliphatic carbocycles. The molecule has 1 unspecified atom stereocenters. The number of hydrogen-bond donors (Lipinski definition) is 0. The fourth-order valence-electron chi connectivity index (χ4n) is 0.870. The van der Waals surface area contributed by atoms with Crippen LogP contribution in [-0.2, 0) is 11.1 Å². The fraction of sp³-hybridized carbons (Fsp3) is 0.444. The van der Waals surface area contributed by atoms with Crippen LogP contribution in [0.1, 0.15) is 20.8 Å². The second-order valence-corrected chi connectivity index (χ2v) is 4.67. The van der Waals surface area contributed by atoms with Crippen molar-refractivity contribution in [3.63, 3.8) is 0 Å². The van der Waals surface area contributed by atoms with Crippen molar-refractivity contribution < 1.29 is 32.4 Å². The third-order valence-electron chi connectivity index (χ3n) is 1.32. The van der Waals surface area contributed by atoms with Crippen LogP contribution in [0.15, 0.2) is 23.2 Å². The molecule has 78 valence electrons. The maximum Gasteiger partial charge on any atom is 1.00 e. The van der Waals surface area contributed by atoms with E-state index in [4.69, 9.17) is 4.74 Å². The molecule has 0 aliphatic heterocycles. The van der Waals surface area contributed by atoms with Crippen molar-refractivity contribution in [1.82, 2.24) is 4.98 Å². The standard InChI is InChI=1S/C9H13NO3S.Li/c1-9(2,3)13-8-7(14(11)12)5-4-6-10-8;/h4-6H,1-3H3,(H,11,12);/q;+1/p-1. The van der Waals surface area contributed by atoms with Gasteiger partial charge in [-0.15, -0.1) is 0 Å². The summed E-state index contributed by atoms with van der Waals surface area (Å²) in [6.07, 6.45) is 1.50. The Kier molecular flexibility index (Phi) is 5.53. The van der Waals surface area contributed by atoms with Gasteiger partial charge in [0, 0.05) is 6.20 Å². The first-order chi connectivity index (χ1) is 6.40. The van der Waals surface area contributed by atoms with Crippen molar-refractivity contribution >= 4 is 11.1 Å². The average molecular weight is 221 g/mol. The number of nitrogens with zero attached hydrogens (tertiary/aromatic N) is 1. The Bertz CT molecular complexity index is 351. The first kappa shape index (κ1) is 14.7. The number of ether oxygens (including phenoxy) is 1. The van der Waals surface area contributed by atoms with Crippen molar-refractivity contribution in [1.29, 1.82) is 0 Å². The summed E-state index contributed by atoms with van der Waals surface area (Å²) in [5.74, 6) is 0.147. The van der Waals surface area contributed by atoms with Gasteiger partial charge in [0.2, 0.25) is 5.88 Å². The van der Waals surface area contributed by atoms with Crippen LogP contribution >= 0.6 is 0 Å². The van der Waals surface area contributed by atoms with Crippen LogP contribution in [0, 0.1) is 0 Å². The van der Waals surface area contributed by atoms with Gasteiger partial charge in [0.15, 0.2) is 0 Å². The molecule has 0 aromatic carbocycles. The average Bonchev–Trinajstić information content (AvgIpc) is 2.01. The molecule has 0 aliphatic rings. The molecule has 15 heavy (non-hydrogen) atoms. The van der Waals surface area contributed by atoms with Gasteiger partial charge in [0.1, 0.15) is 5.60 Å². The van der Waals surface area contributed by atoms with Gasteiger partial charge in [-0.25, -0.2) is 4.98 Å². The van der Waals surface area contributed by atoms with Crippen molar-refractivity contribution in [3.8, 4) is 5.88 Å². The van der Waals surface area contributed by atoms with E-state index in [2.05, 4.69) is 4.98 Å². The van der Waals surface area contributed by atoms with E-state index < -0.39 is 16.7 Å². The Hall–Kier alpha value is -0.343. The Morgan fingerprint density at radius 2 is 2.07 bits per heavy atom. The molecule has 1 rings (SSSR count). The van der Waals surface area contributed by atoms with Crippen molar-refractivity contribution in [3.05, 3.63) is 18.3 Å². The third kappa shape index (κ3) is 4.80. The molecule has 0 saturated carbocycles. The molecule has 0 radical (unpaired) electrons. The summed E-state index contributed by atoms with van der Waals surface area (Å²) in [7, 11) is 0. The van der Waals surface area contributed by atoms with Crippen LogP contribution in [0.25, 0.3) is 0 Å². The van der Waals surface area contributed by atoms with Crippen molar-refractivity contribution in [2.45, 2.75) is 31.3 Å². The van der Waals surface area contributed by atoms with Crippen LogP contribution in [0.3, 0.4) is 0 Å². The van der Waals surface area contributed by atoms with Crippen LogP contribution in [0.2, 0.25) is 0 Å². The predicted octanol–water partition coefficient (Wildman–Crippen LogP) is -1.50. The monoisotopic (exact) mass is 221 g/mol. The largest absolute Gasteiger partial charge is 1.00 e. The summed E-state index contributed by atoms with van der Waals surface area (Å²) < 4.78 is 27.0. The first-order valence-corrected chi connectivity index (χ1v) is 5.21. The minimum absolute atomic E-state index is 0. The van der Waals surface area contributed by atoms with E-state index >= 15 is 0 Å². The molecular weight excluding hydrogens is 209 g/mol. The quantitative estimate of drug-likeness (QED) is 0.450. The second kappa shape index (κ2) is 5.66. The van der Waals surface area contributed by atoms with Gasteiger partial charge < -0.3 is 9.29 Å². The minimum atomic E-state index is -2.31.